The molecule has 1 amide bonds. The van der Waals surface area contributed by atoms with Crippen molar-refractivity contribution in [1.29, 1.82) is 0 Å². The summed E-state index contributed by atoms with van der Waals surface area (Å²) in [7, 11) is 0. The smallest absolute Gasteiger partial charge is 0.244 e. The topological polar surface area (TPSA) is 49.3 Å². The lowest BCUT2D eigenvalue weighted by Gasteiger charge is -2.03. The predicted molar refractivity (Wildman–Crippen MR) is 80.3 cm³/mol. The largest absolute Gasteiger partial charge is 0.508 e. The average Bonchev–Trinajstić information content (AvgIpc) is 2.49. The Hall–Kier alpha value is -2.62. The summed E-state index contributed by atoms with van der Waals surface area (Å²) in [6.45, 7) is 0.511. The minimum absolute atomic E-state index is 0.196. The van der Waals surface area contributed by atoms with Crippen LogP contribution in [0.2, 0.25) is 0 Å². The first-order valence-electron chi connectivity index (χ1n) is 6.63. The Balaban J connectivity index is 1.77. The molecule has 0 unspecified atom stereocenters. The third-order valence-electron chi connectivity index (χ3n) is 2.95. The Morgan fingerprint density at radius 3 is 2.43 bits per heavy atom. The highest BCUT2D eigenvalue weighted by atomic mass is 19.1. The Kier molecular flexibility index (Phi) is 5.10. The van der Waals surface area contributed by atoms with Crippen molar-refractivity contribution in [3.8, 4) is 5.75 Å². The van der Waals surface area contributed by atoms with Gasteiger partial charge in [0.25, 0.3) is 0 Å². The molecule has 0 bridgehead atoms. The monoisotopic (exact) mass is 285 g/mol. The van der Waals surface area contributed by atoms with Crippen molar-refractivity contribution in [3.05, 3.63) is 71.6 Å². The molecule has 0 saturated heterocycles. The van der Waals surface area contributed by atoms with E-state index in [4.69, 9.17) is 5.11 Å². The Labute approximate surface area is 122 Å². The lowest BCUT2D eigenvalue weighted by Crippen LogP contribution is -2.23. The number of hydrogen-bond acceptors (Lipinski definition) is 2. The summed E-state index contributed by atoms with van der Waals surface area (Å²) in [5, 5.41) is 11.9. The van der Waals surface area contributed by atoms with Gasteiger partial charge in [0.15, 0.2) is 0 Å². The molecule has 2 aromatic rings. The van der Waals surface area contributed by atoms with Crippen molar-refractivity contribution in [1.82, 2.24) is 5.32 Å². The highest BCUT2D eigenvalue weighted by molar-refractivity contribution is 5.91. The van der Waals surface area contributed by atoms with E-state index in [1.165, 1.54) is 18.2 Å². The van der Waals surface area contributed by atoms with Crippen LogP contribution in [0.5, 0.6) is 5.75 Å². The van der Waals surface area contributed by atoms with Crippen molar-refractivity contribution >= 4 is 12.0 Å². The van der Waals surface area contributed by atoms with Gasteiger partial charge < -0.3 is 10.4 Å². The fraction of sp³-hybridized carbons (Fsp3) is 0.118. The number of halogens is 1. The van der Waals surface area contributed by atoms with Gasteiger partial charge in [-0.1, -0.05) is 24.3 Å². The van der Waals surface area contributed by atoms with Crippen LogP contribution < -0.4 is 5.32 Å². The zero-order valence-corrected chi connectivity index (χ0v) is 11.4. The van der Waals surface area contributed by atoms with Gasteiger partial charge in [-0.2, -0.15) is 0 Å². The number of aromatic hydroxyl groups is 1. The molecule has 0 spiro atoms. The number of benzene rings is 2. The van der Waals surface area contributed by atoms with E-state index in [1.54, 1.807) is 30.3 Å². The molecule has 0 fully saturated rings. The van der Waals surface area contributed by atoms with Crippen LogP contribution in [0.1, 0.15) is 11.1 Å². The van der Waals surface area contributed by atoms with Crippen molar-refractivity contribution in [2.45, 2.75) is 6.42 Å². The molecule has 0 aromatic heterocycles. The van der Waals surface area contributed by atoms with Crippen molar-refractivity contribution in [2.24, 2.45) is 0 Å². The van der Waals surface area contributed by atoms with Crippen molar-refractivity contribution in [2.75, 3.05) is 6.54 Å². The van der Waals surface area contributed by atoms with Crippen LogP contribution in [0, 0.1) is 5.82 Å². The number of carbonyl (C=O) groups is 1. The lowest BCUT2D eigenvalue weighted by atomic mass is 10.1. The maximum absolute atomic E-state index is 12.7. The van der Waals surface area contributed by atoms with Crippen LogP contribution in [0.4, 0.5) is 4.39 Å². The second-order valence-corrected chi connectivity index (χ2v) is 4.59. The first-order chi connectivity index (χ1) is 10.1. The van der Waals surface area contributed by atoms with E-state index in [0.717, 1.165) is 11.1 Å². The second-order valence-electron chi connectivity index (χ2n) is 4.59. The molecule has 0 aliphatic heterocycles. The predicted octanol–water partition coefficient (Wildman–Crippen LogP) is 2.90. The van der Waals surface area contributed by atoms with Gasteiger partial charge >= 0.3 is 0 Å². The SMILES string of the molecule is O=C(C=Cc1ccc(F)cc1)NCCc1ccc(O)cc1. The quantitative estimate of drug-likeness (QED) is 0.830. The molecule has 2 N–H and O–H groups in total. The van der Waals surface area contributed by atoms with Crippen LogP contribution in [-0.4, -0.2) is 17.6 Å². The van der Waals surface area contributed by atoms with Crippen LogP contribution in [0.3, 0.4) is 0 Å². The van der Waals surface area contributed by atoms with Gasteiger partial charge in [0.05, 0.1) is 0 Å². The molecule has 2 aromatic carbocycles. The van der Waals surface area contributed by atoms with Gasteiger partial charge in [0.1, 0.15) is 11.6 Å². The van der Waals surface area contributed by atoms with E-state index >= 15 is 0 Å². The van der Waals surface area contributed by atoms with E-state index in [-0.39, 0.29) is 17.5 Å². The number of amides is 1. The normalized spacial score (nSPS) is 10.7. The van der Waals surface area contributed by atoms with Crippen LogP contribution in [0.25, 0.3) is 6.08 Å². The van der Waals surface area contributed by atoms with Gasteiger partial charge in [0, 0.05) is 12.6 Å². The first kappa shape index (κ1) is 14.8. The molecule has 0 atom stereocenters. The summed E-state index contributed by atoms with van der Waals surface area (Å²) in [6.07, 6.45) is 3.75. The molecule has 0 radical (unpaired) electrons. The number of carbonyl (C=O) groups excluding carboxylic acids is 1. The fourth-order valence-electron chi connectivity index (χ4n) is 1.80. The highest BCUT2D eigenvalue weighted by Crippen LogP contribution is 2.09. The van der Waals surface area contributed by atoms with Crippen LogP contribution in [0.15, 0.2) is 54.6 Å². The Bertz CT molecular complexity index is 618. The number of rotatable bonds is 5. The highest BCUT2D eigenvalue weighted by Gasteiger charge is 1.97. The van der Waals surface area contributed by atoms with E-state index in [0.29, 0.717) is 13.0 Å². The summed E-state index contributed by atoms with van der Waals surface area (Å²) in [6, 6.07) is 12.8. The summed E-state index contributed by atoms with van der Waals surface area (Å²) >= 11 is 0. The summed E-state index contributed by atoms with van der Waals surface area (Å²) in [5.41, 5.74) is 1.81. The molecule has 4 heteroatoms. The lowest BCUT2D eigenvalue weighted by molar-refractivity contribution is -0.116. The molecular formula is C17H16FNO2. The fourth-order valence-corrected chi connectivity index (χ4v) is 1.80. The third kappa shape index (κ3) is 5.10. The molecule has 108 valence electrons. The van der Waals surface area contributed by atoms with E-state index in [9.17, 15) is 9.18 Å². The van der Waals surface area contributed by atoms with E-state index < -0.39 is 0 Å². The minimum atomic E-state index is -0.300. The molecule has 2 rings (SSSR count). The maximum Gasteiger partial charge on any atom is 0.244 e. The Morgan fingerprint density at radius 2 is 1.76 bits per heavy atom. The molecular weight excluding hydrogens is 269 g/mol. The average molecular weight is 285 g/mol. The summed E-state index contributed by atoms with van der Waals surface area (Å²) in [5.74, 6) is -0.270. The molecule has 0 saturated carbocycles. The third-order valence-corrected chi connectivity index (χ3v) is 2.95. The van der Waals surface area contributed by atoms with Crippen LogP contribution >= 0.6 is 0 Å². The second kappa shape index (κ2) is 7.24. The van der Waals surface area contributed by atoms with Gasteiger partial charge in [-0.25, -0.2) is 4.39 Å². The maximum atomic E-state index is 12.7. The summed E-state index contributed by atoms with van der Waals surface area (Å²) in [4.78, 5) is 11.6. The zero-order valence-electron chi connectivity index (χ0n) is 11.4. The van der Waals surface area contributed by atoms with E-state index in [2.05, 4.69) is 5.32 Å². The first-order valence-corrected chi connectivity index (χ1v) is 6.63. The standard InChI is InChI=1S/C17H16FNO2/c18-15-6-1-13(2-7-15)5-10-17(21)19-12-11-14-3-8-16(20)9-4-14/h1-10,20H,11-12H2,(H,19,21). The number of phenols is 1. The van der Waals surface area contributed by atoms with Crippen LogP contribution in [-0.2, 0) is 11.2 Å². The van der Waals surface area contributed by atoms with Crippen molar-refractivity contribution in [3.63, 3.8) is 0 Å². The molecule has 0 aliphatic carbocycles. The van der Waals surface area contributed by atoms with Crippen molar-refractivity contribution < 1.29 is 14.3 Å². The molecule has 3 nitrogen and oxygen atoms in total. The van der Waals surface area contributed by atoms with Gasteiger partial charge in [-0.05, 0) is 47.9 Å². The van der Waals surface area contributed by atoms with Gasteiger partial charge in [0.2, 0.25) is 5.91 Å². The molecule has 0 heterocycles. The Morgan fingerprint density at radius 1 is 1.10 bits per heavy atom. The van der Waals surface area contributed by atoms with Gasteiger partial charge in [-0.15, -0.1) is 0 Å². The van der Waals surface area contributed by atoms with Gasteiger partial charge in [-0.3, -0.25) is 4.79 Å². The molecule has 0 aliphatic rings. The zero-order chi connectivity index (χ0) is 15.1. The number of nitrogens with one attached hydrogen (secondary N) is 1. The van der Waals surface area contributed by atoms with E-state index in [1.807, 2.05) is 12.1 Å². The number of hydrogen-bond donors (Lipinski definition) is 2. The summed E-state index contributed by atoms with van der Waals surface area (Å²) < 4.78 is 12.7. The molecule has 21 heavy (non-hydrogen) atoms. The minimum Gasteiger partial charge on any atom is -0.508 e. The number of phenolic OH excluding ortho intramolecular Hbond substituents is 1.